The molecule has 2 N–H and O–H groups in total. The van der Waals surface area contributed by atoms with E-state index >= 15 is 0 Å². The number of nitrogens with zero attached hydrogens (tertiary/aromatic N) is 1. The summed E-state index contributed by atoms with van der Waals surface area (Å²) in [6, 6.07) is 9.87. The molecule has 19 heavy (non-hydrogen) atoms. The molecule has 0 aliphatic carbocycles. The van der Waals surface area contributed by atoms with Gasteiger partial charge in [-0.05, 0) is 19.1 Å². The smallest absolute Gasteiger partial charge is 0.0813 e. The van der Waals surface area contributed by atoms with Crippen LogP contribution in [0, 0.1) is 0 Å². The van der Waals surface area contributed by atoms with Gasteiger partial charge in [-0.1, -0.05) is 18.2 Å². The Kier molecular flexibility index (Phi) is 4.35. The van der Waals surface area contributed by atoms with Crippen molar-refractivity contribution in [2.45, 2.75) is 18.9 Å². The Morgan fingerprint density at radius 2 is 2.11 bits per heavy atom. The van der Waals surface area contributed by atoms with Crippen molar-refractivity contribution in [1.29, 1.82) is 0 Å². The Labute approximate surface area is 113 Å². The summed E-state index contributed by atoms with van der Waals surface area (Å²) in [7, 11) is 1.64. The molecule has 0 amide bonds. The van der Waals surface area contributed by atoms with Gasteiger partial charge in [0, 0.05) is 44.0 Å². The van der Waals surface area contributed by atoms with Crippen LogP contribution in [0.25, 0.3) is 10.9 Å². The van der Waals surface area contributed by atoms with Crippen LogP contribution in [0.3, 0.4) is 0 Å². The molecule has 4 heteroatoms. The summed E-state index contributed by atoms with van der Waals surface area (Å²) in [6.07, 6.45) is 2.37. The standard InChI is InChI=1S/C15H20N2O2/c1-15(18,8-10-19-2)11-17-14-7-9-16-13-6-4-3-5-12(13)14/h3-7,9,18H,8,10-11H2,1-2H3,(H,16,17). The molecule has 0 aliphatic heterocycles. The normalized spacial score (nSPS) is 14.3. The van der Waals surface area contributed by atoms with E-state index < -0.39 is 5.60 Å². The van der Waals surface area contributed by atoms with Crippen LogP contribution in [0.15, 0.2) is 36.5 Å². The van der Waals surface area contributed by atoms with Gasteiger partial charge in [0.05, 0.1) is 11.1 Å². The third-order valence-electron chi connectivity index (χ3n) is 3.15. The van der Waals surface area contributed by atoms with Crippen molar-refractivity contribution in [3.63, 3.8) is 0 Å². The number of hydrogen-bond donors (Lipinski definition) is 2. The number of hydrogen-bond acceptors (Lipinski definition) is 4. The maximum Gasteiger partial charge on any atom is 0.0813 e. The second kappa shape index (κ2) is 5.99. The largest absolute Gasteiger partial charge is 0.388 e. The van der Waals surface area contributed by atoms with Crippen molar-refractivity contribution in [1.82, 2.24) is 4.98 Å². The summed E-state index contributed by atoms with van der Waals surface area (Å²) in [5.41, 5.74) is 1.15. The van der Waals surface area contributed by atoms with Crippen molar-refractivity contribution >= 4 is 16.6 Å². The van der Waals surface area contributed by atoms with E-state index in [1.165, 1.54) is 0 Å². The number of methoxy groups -OCH3 is 1. The molecule has 0 aliphatic rings. The van der Waals surface area contributed by atoms with Gasteiger partial charge < -0.3 is 15.2 Å². The van der Waals surface area contributed by atoms with Gasteiger partial charge in [0.1, 0.15) is 0 Å². The summed E-state index contributed by atoms with van der Waals surface area (Å²) in [5, 5.41) is 14.6. The predicted octanol–water partition coefficient (Wildman–Crippen LogP) is 2.43. The van der Waals surface area contributed by atoms with Gasteiger partial charge in [0.15, 0.2) is 0 Å². The summed E-state index contributed by atoms with van der Waals surface area (Å²) in [6.45, 7) is 2.83. The number of nitrogens with one attached hydrogen (secondary N) is 1. The Morgan fingerprint density at radius 1 is 1.32 bits per heavy atom. The number of para-hydroxylation sites is 1. The highest BCUT2D eigenvalue weighted by Crippen LogP contribution is 2.22. The maximum atomic E-state index is 10.2. The first kappa shape index (κ1) is 13.8. The van der Waals surface area contributed by atoms with Gasteiger partial charge in [0.25, 0.3) is 0 Å². The second-order valence-electron chi connectivity index (χ2n) is 4.97. The van der Waals surface area contributed by atoms with E-state index in [1.807, 2.05) is 37.3 Å². The monoisotopic (exact) mass is 260 g/mol. The summed E-state index contributed by atoms with van der Waals surface area (Å²) >= 11 is 0. The van der Waals surface area contributed by atoms with Crippen LogP contribution >= 0.6 is 0 Å². The molecule has 0 saturated carbocycles. The van der Waals surface area contributed by atoms with Crippen molar-refractivity contribution in [3.8, 4) is 0 Å². The number of benzene rings is 1. The lowest BCUT2D eigenvalue weighted by Gasteiger charge is -2.24. The molecule has 1 heterocycles. The van der Waals surface area contributed by atoms with E-state index in [0.29, 0.717) is 19.6 Å². The molecule has 1 atom stereocenters. The van der Waals surface area contributed by atoms with Crippen molar-refractivity contribution in [3.05, 3.63) is 36.5 Å². The molecule has 2 aromatic rings. The number of aromatic nitrogens is 1. The molecule has 1 aromatic carbocycles. The topological polar surface area (TPSA) is 54.4 Å². The first-order chi connectivity index (χ1) is 9.12. The molecular weight excluding hydrogens is 240 g/mol. The highest BCUT2D eigenvalue weighted by Gasteiger charge is 2.19. The number of anilines is 1. The molecule has 0 fully saturated rings. The minimum Gasteiger partial charge on any atom is -0.388 e. The second-order valence-corrected chi connectivity index (χ2v) is 4.97. The zero-order valence-electron chi connectivity index (χ0n) is 11.4. The molecule has 0 radical (unpaired) electrons. The molecule has 1 aromatic heterocycles. The van der Waals surface area contributed by atoms with Crippen molar-refractivity contribution in [2.24, 2.45) is 0 Å². The Hall–Kier alpha value is -1.65. The van der Waals surface area contributed by atoms with Crippen LogP contribution < -0.4 is 5.32 Å². The molecule has 0 spiro atoms. The molecule has 4 nitrogen and oxygen atoms in total. The zero-order valence-corrected chi connectivity index (χ0v) is 11.4. The Bertz CT molecular complexity index is 535. The van der Waals surface area contributed by atoms with Crippen LogP contribution in [0.2, 0.25) is 0 Å². The average Bonchev–Trinajstić information content (AvgIpc) is 2.43. The van der Waals surface area contributed by atoms with E-state index in [-0.39, 0.29) is 0 Å². The zero-order chi connectivity index (χ0) is 13.7. The summed E-state index contributed by atoms with van der Waals surface area (Å²) in [5.74, 6) is 0. The van der Waals surface area contributed by atoms with Gasteiger partial charge in [-0.2, -0.15) is 0 Å². The highest BCUT2D eigenvalue weighted by molar-refractivity contribution is 5.90. The first-order valence-corrected chi connectivity index (χ1v) is 6.41. The number of pyridine rings is 1. The molecule has 1 unspecified atom stereocenters. The minimum atomic E-state index is -0.791. The van der Waals surface area contributed by atoms with Crippen LogP contribution in [-0.2, 0) is 4.74 Å². The highest BCUT2D eigenvalue weighted by atomic mass is 16.5. The number of aliphatic hydroxyl groups is 1. The van der Waals surface area contributed by atoms with E-state index in [1.54, 1.807) is 13.3 Å². The van der Waals surface area contributed by atoms with Gasteiger partial charge >= 0.3 is 0 Å². The Balaban J connectivity index is 2.09. The van der Waals surface area contributed by atoms with E-state index in [4.69, 9.17) is 4.74 Å². The quantitative estimate of drug-likeness (QED) is 0.837. The minimum absolute atomic E-state index is 0.477. The lowest BCUT2D eigenvalue weighted by Crippen LogP contribution is -2.34. The SMILES string of the molecule is COCCC(C)(O)CNc1ccnc2ccccc12. The van der Waals surface area contributed by atoms with Crippen LogP contribution in [-0.4, -0.2) is 36.0 Å². The lowest BCUT2D eigenvalue weighted by atomic mass is 10.0. The van der Waals surface area contributed by atoms with E-state index in [2.05, 4.69) is 10.3 Å². The Morgan fingerprint density at radius 3 is 2.89 bits per heavy atom. The summed E-state index contributed by atoms with van der Waals surface area (Å²) < 4.78 is 5.00. The molecule has 102 valence electrons. The van der Waals surface area contributed by atoms with Crippen LogP contribution in [0.1, 0.15) is 13.3 Å². The van der Waals surface area contributed by atoms with Crippen molar-refractivity contribution in [2.75, 3.05) is 25.6 Å². The third-order valence-corrected chi connectivity index (χ3v) is 3.15. The van der Waals surface area contributed by atoms with Crippen LogP contribution in [0.5, 0.6) is 0 Å². The maximum absolute atomic E-state index is 10.2. The van der Waals surface area contributed by atoms with Crippen LogP contribution in [0.4, 0.5) is 5.69 Å². The van der Waals surface area contributed by atoms with Gasteiger partial charge in [-0.3, -0.25) is 4.98 Å². The first-order valence-electron chi connectivity index (χ1n) is 6.41. The fourth-order valence-corrected chi connectivity index (χ4v) is 1.95. The number of fused-ring (bicyclic) bond motifs is 1. The summed E-state index contributed by atoms with van der Waals surface area (Å²) in [4.78, 5) is 4.31. The molecule has 2 rings (SSSR count). The average molecular weight is 260 g/mol. The predicted molar refractivity (Wildman–Crippen MR) is 77.3 cm³/mol. The van der Waals surface area contributed by atoms with Crippen molar-refractivity contribution < 1.29 is 9.84 Å². The molecule has 0 bridgehead atoms. The fraction of sp³-hybridized carbons (Fsp3) is 0.400. The number of ether oxygens (including phenoxy) is 1. The van der Waals surface area contributed by atoms with Gasteiger partial charge in [-0.15, -0.1) is 0 Å². The van der Waals surface area contributed by atoms with E-state index in [0.717, 1.165) is 16.6 Å². The van der Waals surface area contributed by atoms with E-state index in [9.17, 15) is 5.11 Å². The van der Waals surface area contributed by atoms with Gasteiger partial charge in [0.2, 0.25) is 0 Å². The fourth-order valence-electron chi connectivity index (χ4n) is 1.95. The van der Waals surface area contributed by atoms with Gasteiger partial charge in [-0.25, -0.2) is 0 Å². The molecule has 0 saturated heterocycles. The number of rotatable bonds is 6. The molecular formula is C15H20N2O2. The third kappa shape index (κ3) is 3.66. The lowest BCUT2D eigenvalue weighted by molar-refractivity contribution is 0.0358.